The van der Waals surface area contributed by atoms with Gasteiger partial charge in [-0.1, -0.05) is 153 Å². The molecule has 0 saturated heterocycles. The molecule has 2 aliphatic heterocycles. The highest BCUT2D eigenvalue weighted by atomic mass is 16.5. The summed E-state index contributed by atoms with van der Waals surface area (Å²) in [5, 5.41) is 2.41. The molecule has 248 valence electrons. The lowest BCUT2D eigenvalue weighted by Gasteiger charge is -2.46. The third kappa shape index (κ3) is 4.66. The summed E-state index contributed by atoms with van der Waals surface area (Å²) in [5.41, 5.74) is 13.4. The van der Waals surface area contributed by atoms with Gasteiger partial charge in [0.05, 0.1) is 28.4 Å². The summed E-state index contributed by atoms with van der Waals surface area (Å²) in [7, 11) is 0. The predicted octanol–water partition coefficient (Wildman–Crippen LogP) is 13.9. The van der Waals surface area contributed by atoms with Crippen LogP contribution >= 0.6 is 0 Å². The van der Waals surface area contributed by atoms with Crippen LogP contribution in [-0.2, 0) is 5.41 Å². The molecule has 0 atom stereocenters. The van der Waals surface area contributed by atoms with Gasteiger partial charge in [0.1, 0.15) is 0 Å². The minimum atomic E-state index is -0.316. The molecule has 0 aliphatic carbocycles. The van der Waals surface area contributed by atoms with E-state index >= 15 is 0 Å². The Hall–Kier alpha value is -6.58. The van der Waals surface area contributed by atoms with E-state index in [9.17, 15) is 0 Å². The zero-order valence-electron chi connectivity index (χ0n) is 29.1. The lowest BCUT2D eigenvalue weighted by atomic mass is 9.72. The molecule has 8 aromatic rings. The van der Waals surface area contributed by atoms with Crippen LogP contribution in [-0.4, -0.2) is 0 Å². The maximum absolute atomic E-state index is 7.07. The molecule has 0 amide bonds. The van der Waals surface area contributed by atoms with Crippen LogP contribution in [0.3, 0.4) is 0 Å². The summed E-state index contributed by atoms with van der Waals surface area (Å²) in [6.07, 6.45) is 0. The molecule has 2 heterocycles. The second-order valence-corrected chi connectivity index (χ2v) is 14.2. The Morgan fingerprint density at radius 1 is 0.462 bits per heavy atom. The summed E-state index contributed by atoms with van der Waals surface area (Å²) in [6.45, 7) is 4.69. The van der Waals surface area contributed by atoms with Crippen LogP contribution in [0.2, 0.25) is 0 Å². The molecule has 2 aliphatic rings. The molecule has 8 aromatic carbocycles. The van der Waals surface area contributed by atoms with Crippen molar-refractivity contribution >= 4 is 44.9 Å². The van der Waals surface area contributed by atoms with E-state index in [-0.39, 0.29) is 5.41 Å². The van der Waals surface area contributed by atoms with Crippen molar-refractivity contribution in [2.24, 2.45) is 0 Å². The van der Waals surface area contributed by atoms with Crippen molar-refractivity contribution < 1.29 is 4.74 Å². The van der Waals surface area contributed by atoms with Crippen molar-refractivity contribution in [3.8, 4) is 33.8 Å². The molecule has 0 fully saturated rings. The summed E-state index contributed by atoms with van der Waals surface area (Å²) in [5.74, 6) is 1.68. The minimum Gasteiger partial charge on any atom is -0.453 e. The van der Waals surface area contributed by atoms with Crippen molar-refractivity contribution in [3.05, 3.63) is 193 Å². The third-order valence-corrected chi connectivity index (χ3v) is 10.8. The van der Waals surface area contributed by atoms with E-state index in [0.29, 0.717) is 0 Å². The molecule has 0 N–H and O–H groups in total. The number of hydrogen-bond acceptors (Lipinski definition) is 3. The maximum atomic E-state index is 7.07. The van der Waals surface area contributed by atoms with Crippen LogP contribution in [0.15, 0.2) is 182 Å². The van der Waals surface area contributed by atoms with Gasteiger partial charge in [-0.15, -0.1) is 0 Å². The second kappa shape index (κ2) is 11.8. The largest absolute Gasteiger partial charge is 0.453 e. The maximum Gasteiger partial charge on any atom is 0.153 e. The number of anilines is 6. The van der Waals surface area contributed by atoms with Gasteiger partial charge in [-0.3, -0.25) is 0 Å². The van der Waals surface area contributed by atoms with E-state index in [4.69, 9.17) is 4.74 Å². The van der Waals surface area contributed by atoms with Crippen LogP contribution < -0.4 is 14.5 Å². The van der Waals surface area contributed by atoms with Crippen molar-refractivity contribution in [2.45, 2.75) is 19.3 Å². The van der Waals surface area contributed by atoms with Crippen LogP contribution in [0.4, 0.5) is 34.1 Å². The number of fused-ring (bicyclic) bond motifs is 5. The molecule has 0 spiro atoms. The zero-order chi connectivity index (χ0) is 34.8. The van der Waals surface area contributed by atoms with Crippen molar-refractivity contribution in [1.29, 1.82) is 0 Å². The van der Waals surface area contributed by atoms with Crippen LogP contribution in [0.25, 0.3) is 33.0 Å². The Morgan fingerprint density at radius 2 is 1.12 bits per heavy atom. The molecule has 10 rings (SSSR count). The van der Waals surface area contributed by atoms with Gasteiger partial charge >= 0.3 is 0 Å². The first kappa shape index (κ1) is 30.3. The molecule has 0 saturated carbocycles. The number of benzene rings is 8. The Kier molecular flexibility index (Phi) is 6.84. The number of ether oxygens (including phenoxy) is 1. The van der Waals surface area contributed by atoms with Gasteiger partial charge in [-0.25, -0.2) is 0 Å². The molecular weight excluding hydrogens is 633 g/mol. The van der Waals surface area contributed by atoms with Crippen molar-refractivity contribution in [3.63, 3.8) is 0 Å². The van der Waals surface area contributed by atoms with E-state index in [1.807, 2.05) is 0 Å². The van der Waals surface area contributed by atoms with Crippen LogP contribution in [0, 0.1) is 0 Å². The topological polar surface area (TPSA) is 15.7 Å². The van der Waals surface area contributed by atoms with Gasteiger partial charge in [0.2, 0.25) is 0 Å². The lowest BCUT2D eigenvalue weighted by molar-refractivity contribution is 0.471. The smallest absolute Gasteiger partial charge is 0.153 e. The Bertz CT molecular complexity index is 2640. The summed E-state index contributed by atoms with van der Waals surface area (Å²) in [4.78, 5) is 4.86. The molecule has 3 nitrogen and oxygen atoms in total. The quantitative estimate of drug-likeness (QED) is 0.182. The first-order valence-electron chi connectivity index (χ1n) is 17.9. The Labute approximate surface area is 304 Å². The van der Waals surface area contributed by atoms with Crippen molar-refractivity contribution in [1.82, 2.24) is 0 Å². The highest BCUT2D eigenvalue weighted by Crippen LogP contribution is 2.63. The molecule has 52 heavy (non-hydrogen) atoms. The van der Waals surface area contributed by atoms with E-state index < -0.39 is 0 Å². The fourth-order valence-corrected chi connectivity index (χ4v) is 8.28. The lowest BCUT2D eigenvalue weighted by Crippen LogP contribution is -2.33. The average Bonchev–Trinajstić information content (AvgIpc) is 3.20. The monoisotopic (exact) mass is 668 g/mol. The Morgan fingerprint density at radius 3 is 1.92 bits per heavy atom. The number of hydrogen-bond donors (Lipinski definition) is 0. The van der Waals surface area contributed by atoms with Gasteiger partial charge < -0.3 is 14.5 Å². The van der Waals surface area contributed by atoms with Gasteiger partial charge in [-0.2, -0.15) is 0 Å². The van der Waals surface area contributed by atoms with Gasteiger partial charge in [0.15, 0.2) is 11.5 Å². The van der Waals surface area contributed by atoms with Gasteiger partial charge in [-0.05, 0) is 69.4 Å². The standard InChI is InChI=1S/C49H36N2O/c1-49(2)41-24-12-14-26-44(41)51-47-40(35-19-7-4-8-20-35)23-15-27-45(47)52-46-32-38(31-42(49)48(46)51)50(37-29-28-33-16-9-10-21-36(33)30-37)43-25-13-11-22-39(43)34-17-5-3-6-18-34/h3-32H,1-2H3. The van der Waals surface area contributed by atoms with E-state index in [2.05, 4.69) is 206 Å². The SMILES string of the molecule is CC1(C)c2ccccc2N2c3c(cccc3-c3ccccc3)Oc3cc(N(c4ccc5ccccc5c4)c4ccccc4-c4ccccc4)cc1c32. The molecule has 0 radical (unpaired) electrons. The molecular formula is C49H36N2O. The predicted molar refractivity (Wildman–Crippen MR) is 216 cm³/mol. The molecule has 3 heteroatoms. The normalized spacial score (nSPS) is 13.5. The average molecular weight is 669 g/mol. The molecule has 0 bridgehead atoms. The number of rotatable bonds is 5. The van der Waals surface area contributed by atoms with Crippen LogP contribution in [0.1, 0.15) is 25.0 Å². The second-order valence-electron chi connectivity index (χ2n) is 14.2. The fraction of sp³-hybridized carbons (Fsp3) is 0.0612. The summed E-state index contributed by atoms with van der Waals surface area (Å²) >= 11 is 0. The Balaban J connectivity index is 1.26. The summed E-state index contributed by atoms with van der Waals surface area (Å²) in [6, 6.07) is 65.3. The number of para-hydroxylation sites is 3. The third-order valence-electron chi connectivity index (χ3n) is 10.8. The zero-order valence-corrected chi connectivity index (χ0v) is 29.1. The fourth-order valence-electron chi connectivity index (χ4n) is 8.28. The van der Waals surface area contributed by atoms with E-state index in [1.165, 1.54) is 33.2 Å². The number of nitrogens with zero attached hydrogens (tertiary/aromatic N) is 2. The molecule has 0 unspecified atom stereocenters. The first-order chi connectivity index (χ1) is 25.6. The van der Waals surface area contributed by atoms with Crippen LogP contribution in [0.5, 0.6) is 11.5 Å². The highest BCUT2D eigenvalue weighted by Gasteiger charge is 2.43. The van der Waals surface area contributed by atoms with Gasteiger partial charge in [0, 0.05) is 28.3 Å². The van der Waals surface area contributed by atoms with Crippen molar-refractivity contribution in [2.75, 3.05) is 9.80 Å². The van der Waals surface area contributed by atoms with Gasteiger partial charge in [0.25, 0.3) is 0 Å². The van der Waals surface area contributed by atoms with E-state index in [0.717, 1.165) is 56.6 Å². The van der Waals surface area contributed by atoms with E-state index in [1.54, 1.807) is 0 Å². The summed E-state index contributed by atoms with van der Waals surface area (Å²) < 4.78 is 7.07. The molecule has 0 aromatic heterocycles. The minimum absolute atomic E-state index is 0.316. The highest BCUT2D eigenvalue weighted by molar-refractivity contribution is 6.01. The first-order valence-corrected chi connectivity index (χ1v) is 17.9.